The van der Waals surface area contributed by atoms with Crippen molar-refractivity contribution in [2.45, 2.75) is 44.9 Å². The van der Waals surface area contributed by atoms with Crippen LogP contribution in [0.25, 0.3) is 0 Å². The molecule has 1 aromatic carbocycles. The third kappa shape index (κ3) is 4.18. The van der Waals surface area contributed by atoms with Crippen LogP contribution < -0.4 is 0 Å². The monoisotopic (exact) mass is 314 g/mol. The Kier molecular flexibility index (Phi) is 5.05. The van der Waals surface area contributed by atoms with Gasteiger partial charge in [-0.1, -0.05) is 30.3 Å². The van der Waals surface area contributed by atoms with Gasteiger partial charge in [0, 0.05) is 6.92 Å². The molecule has 0 atom stereocenters. The van der Waals surface area contributed by atoms with E-state index in [2.05, 4.69) is 34.5 Å². The van der Waals surface area contributed by atoms with Gasteiger partial charge in [0.1, 0.15) is 6.61 Å². The van der Waals surface area contributed by atoms with Crippen molar-refractivity contribution in [2.24, 2.45) is 5.92 Å². The molecule has 0 N–H and O–H groups in total. The van der Waals surface area contributed by atoms with Gasteiger partial charge in [-0.2, -0.15) is 0 Å². The summed E-state index contributed by atoms with van der Waals surface area (Å²) in [7, 11) is 0. The van der Waals surface area contributed by atoms with E-state index < -0.39 is 0 Å². The van der Waals surface area contributed by atoms with Crippen LogP contribution in [0.2, 0.25) is 0 Å². The van der Waals surface area contributed by atoms with E-state index in [4.69, 9.17) is 9.15 Å². The lowest BCUT2D eigenvalue weighted by atomic mass is 9.79. The fourth-order valence-electron chi connectivity index (χ4n) is 3.18. The molecule has 1 fully saturated rings. The topological polar surface area (TPSA) is 65.2 Å². The Bertz CT molecular complexity index is 631. The zero-order valence-electron chi connectivity index (χ0n) is 13.4. The average molecular weight is 314 g/mol. The number of aryl methyl sites for hydroxylation is 1. The van der Waals surface area contributed by atoms with Gasteiger partial charge in [0.2, 0.25) is 11.8 Å². The van der Waals surface area contributed by atoms with Gasteiger partial charge in [-0.3, -0.25) is 4.79 Å². The number of rotatable bonds is 5. The van der Waals surface area contributed by atoms with Gasteiger partial charge in [0.05, 0.1) is 12.3 Å². The molecule has 122 valence electrons. The summed E-state index contributed by atoms with van der Waals surface area (Å²) < 4.78 is 10.6. The molecule has 1 heterocycles. The van der Waals surface area contributed by atoms with Crippen molar-refractivity contribution in [2.75, 3.05) is 6.61 Å². The second-order valence-electron chi connectivity index (χ2n) is 6.09. The maximum absolute atomic E-state index is 12.1. The van der Waals surface area contributed by atoms with Gasteiger partial charge in [-0.25, -0.2) is 0 Å². The van der Waals surface area contributed by atoms with E-state index in [1.807, 2.05) is 6.07 Å². The van der Waals surface area contributed by atoms with Gasteiger partial charge in [0.25, 0.3) is 0 Å². The Labute approximate surface area is 136 Å². The number of nitrogens with zero attached hydrogens (tertiary/aromatic N) is 2. The second-order valence-corrected chi connectivity index (χ2v) is 6.09. The van der Waals surface area contributed by atoms with Crippen LogP contribution >= 0.6 is 0 Å². The fraction of sp³-hybridized carbons (Fsp3) is 0.500. The summed E-state index contributed by atoms with van der Waals surface area (Å²) in [6, 6.07) is 10.5. The molecule has 2 aromatic rings. The first-order chi connectivity index (χ1) is 11.2. The van der Waals surface area contributed by atoms with Crippen molar-refractivity contribution >= 4 is 5.97 Å². The minimum atomic E-state index is -0.0900. The van der Waals surface area contributed by atoms with Crippen molar-refractivity contribution in [3.05, 3.63) is 47.7 Å². The summed E-state index contributed by atoms with van der Waals surface area (Å²) in [5.41, 5.74) is 1.38. The molecule has 3 rings (SSSR count). The van der Waals surface area contributed by atoms with Crippen LogP contribution in [-0.2, 0) is 16.0 Å². The Hall–Kier alpha value is -2.17. The van der Waals surface area contributed by atoms with Crippen LogP contribution in [0.4, 0.5) is 0 Å². The third-order valence-corrected chi connectivity index (χ3v) is 4.46. The molecule has 0 spiro atoms. The standard InChI is InChI=1S/C18H22N2O3/c1-13-19-20-17(23-13)11-12-22-18(21)16-9-7-15(8-10-16)14-5-3-2-4-6-14/h2-6,15-16H,7-12H2,1H3. The highest BCUT2D eigenvalue weighted by Gasteiger charge is 2.28. The largest absolute Gasteiger partial charge is 0.465 e. The smallest absolute Gasteiger partial charge is 0.308 e. The van der Waals surface area contributed by atoms with E-state index in [1.165, 1.54) is 5.56 Å². The molecule has 0 radical (unpaired) electrons. The highest BCUT2D eigenvalue weighted by molar-refractivity contribution is 5.72. The maximum atomic E-state index is 12.1. The van der Waals surface area contributed by atoms with Gasteiger partial charge in [-0.15, -0.1) is 10.2 Å². The van der Waals surface area contributed by atoms with Crippen LogP contribution in [0.5, 0.6) is 0 Å². The lowest BCUT2D eigenvalue weighted by Gasteiger charge is -2.27. The van der Waals surface area contributed by atoms with Crippen LogP contribution in [0.1, 0.15) is 48.9 Å². The molecule has 23 heavy (non-hydrogen) atoms. The van der Waals surface area contributed by atoms with Crippen LogP contribution in [-0.4, -0.2) is 22.8 Å². The lowest BCUT2D eigenvalue weighted by Crippen LogP contribution is -2.23. The predicted molar refractivity (Wildman–Crippen MR) is 84.8 cm³/mol. The van der Waals surface area contributed by atoms with Crippen LogP contribution in [0.3, 0.4) is 0 Å². The number of ether oxygens (including phenoxy) is 1. The molecule has 5 nitrogen and oxygen atoms in total. The second kappa shape index (κ2) is 7.40. The summed E-state index contributed by atoms with van der Waals surface area (Å²) in [6.45, 7) is 2.05. The van der Waals surface area contributed by atoms with Crippen LogP contribution in [0, 0.1) is 12.8 Å². The zero-order valence-corrected chi connectivity index (χ0v) is 13.4. The summed E-state index contributed by atoms with van der Waals surface area (Å²) in [6.07, 6.45) is 4.38. The highest BCUT2D eigenvalue weighted by Crippen LogP contribution is 2.36. The number of aromatic nitrogens is 2. The van der Waals surface area contributed by atoms with Crippen molar-refractivity contribution in [3.8, 4) is 0 Å². The molecule has 0 unspecified atom stereocenters. The number of carbonyl (C=O) groups is 1. The first-order valence-electron chi connectivity index (χ1n) is 8.23. The molecule has 0 saturated heterocycles. The SMILES string of the molecule is Cc1nnc(CCOC(=O)C2CCC(c3ccccc3)CC2)o1. The molecule has 1 aliphatic carbocycles. The number of hydrogen-bond acceptors (Lipinski definition) is 5. The van der Waals surface area contributed by atoms with Gasteiger partial charge >= 0.3 is 5.97 Å². The first-order valence-corrected chi connectivity index (χ1v) is 8.23. The number of carbonyl (C=O) groups excluding carboxylic acids is 1. The summed E-state index contributed by atoms with van der Waals surface area (Å²) in [5, 5.41) is 7.64. The Morgan fingerprint density at radius 2 is 1.91 bits per heavy atom. The van der Waals surface area contributed by atoms with Gasteiger partial charge in [-0.05, 0) is 37.2 Å². The number of esters is 1. The molecule has 1 aromatic heterocycles. The lowest BCUT2D eigenvalue weighted by molar-refractivity contribution is -0.149. The van der Waals surface area contributed by atoms with E-state index in [0.29, 0.717) is 30.7 Å². The van der Waals surface area contributed by atoms with Crippen molar-refractivity contribution in [1.82, 2.24) is 10.2 Å². The van der Waals surface area contributed by atoms with E-state index >= 15 is 0 Å². The number of benzene rings is 1. The summed E-state index contributed by atoms with van der Waals surface area (Å²) in [4.78, 5) is 12.1. The minimum Gasteiger partial charge on any atom is -0.465 e. The van der Waals surface area contributed by atoms with E-state index in [9.17, 15) is 4.79 Å². The Morgan fingerprint density at radius 1 is 1.17 bits per heavy atom. The maximum Gasteiger partial charge on any atom is 0.308 e. The quantitative estimate of drug-likeness (QED) is 0.791. The summed E-state index contributed by atoms with van der Waals surface area (Å²) in [5.74, 6) is 1.56. The molecule has 1 saturated carbocycles. The number of hydrogen-bond donors (Lipinski definition) is 0. The third-order valence-electron chi connectivity index (χ3n) is 4.46. The predicted octanol–water partition coefficient (Wildman–Crippen LogP) is 3.44. The minimum absolute atomic E-state index is 0.0272. The first kappa shape index (κ1) is 15.7. The van der Waals surface area contributed by atoms with Crippen LogP contribution in [0.15, 0.2) is 34.7 Å². The normalized spacial score (nSPS) is 21.1. The molecular formula is C18H22N2O3. The van der Waals surface area contributed by atoms with Crippen molar-refractivity contribution < 1.29 is 13.9 Å². The molecule has 5 heteroatoms. The zero-order chi connectivity index (χ0) is 16.1. The molecule has 1 aliphatic rings. The highest BCUT2D eigenvalue weighted by atomic mass is 16.5. The van der Waals surface area contributed by atoms with E-state index in [1.54, 1.807) is 6.92 Å². The molecule has 0 aliphatic heterocycles. The van der Waals surface area contributed by atoms with Crippen molar-refractivity contribution in [1.29, 1.82) is 0 Å². The molecule has 0 amide bonds. The van der Waals surface area contributed by atoms with Crippen molar-refractivity contribution in [3.63, 3.8) is 0 Å². The molecule has 0 bridgehead atoms. The Balaban J connectivity index is 1.41. The summed E-state index contributed by atoms with van der Waals surface area (Å²) >= 11 is 0. The molecular weight excluding hydrogens is 292 g/mol. The van der Waals surface area contributed by atoms with Gasteiger partial charge < -0.3 is 9.15 Å². The average Bonchev–Trinajstić information content (AvgIpc) is 3.01. The fourth-order valence-corrected chi connectivity index (χ4v) is 3.18. The van der Waals surface area contributed by atoms with E-state index in [0.717, 1.165) is 25.7 Å². The van der Waals surface area contributed by atoms with Gasteiger partial charge in [0.15, 0.2) is 0 Å². The Morgan fingerprint density at radius 3 is 2.57 bits per heavy atom. The van der Waals surface area contributed by atoms with E-state index in [-0.39, 0.29) is 11.9 Å².